The Morgan fingerprint density at radius 1 is 1.12 bits per heavy atom. The van der Waals surface area contributed by atoms with Crippen LogP contribution in [0, 0.1) is 19.7 Å². The lowest BCUT2D eigenvalue weighted by atomic mass is 10.1. The Morgan fingerprint density at radius 3 is 2.60 bits per heavy atom. The average molecular weight is 373 g/mol. The summed E-state index contributed by atoms with van der Waals surface area (Å²) in [6.45, 7) is 4.09. The zero-order valence-electron chi connectivity index (χ0n) is 13.6. The van der Waals surface area contributed by atoms with Crippen molar-refractivity contribution in [3.8, 4) is 11.4 Å². The van der Waals surface area contributed by atoms with Gasteiger partial charge in [0.15, 0.2) is 5.82 Å². The SMILES string of the molecule is Cc1cc(C)cc(-c2nnc3sc(Cc4c(F)cccc4Cl)nn23)c1. The molecule has 0 saturated heterocycles. The van der Waals surface area contributed by atoms with Gasteiger partial charge in [-0.05, 0) is 38.1 Å². The van der Waals surface area contributed by atoms with Crippen LogP contribution >= 0.6 is 22.9 Å². The molecular weight excluding hydrogens is 359 g/mol. The van der Waals surface area contributed by atoms with E-state index in [9.17, 15) is 4.39 Å². The lowest BCUT2D eigenvalue weighted by Crippen LogP contribution is -1.96. The molecule has 0 aliphatic rings. The van der Waals surface area contributed by atoms with Crippen LogP contribution in [0.3, 0.4) is 0 Å². The van der Waals surface area contributed by atoms with Gasteiger partial charge in [-0.15, -0.1) is 10.2 Å². The lowest BCUT2D eigenvalue weighted by molar-refractivity contribution is 0.613. The second-order valence-corrected chi connectivity index (χ2v) is 7.41. The molecule has 0 bridgehead atoms. The number of halogens is 2. The Bertz CT molecular complexity index is 1050. The molecule has 7 heteroatoms. The molecule has 0 unspecified atom stereocenters. The maximum Gasteiger partial charge on any atom is 0.234 e. The Balaban J connectivity index is 1.76. The highest BCUT2D eigenvalue weighted by Crippen LogP contribution is 2.27. The molecule has 0 saturated carbocycles. The zero-order valence-corrected chi connectivity index (χ0v) is 15.2. The van der Waals surface area contributed by atoms with Crippen LogP contribution in [0.2, 0.25) is 5.02 Å². The highest BCUT2D eigenvalue weighted by atomic mass is 35.5. The highest BCUT2D eigenvalue weighted by Gasteiger charge is 2.16. The molecule has 0 N–H and O–H groups in total. The minimum absolute atomic E-state index is 0.325. The quantitative estimate of drug-likeness (QED) is 0.516. The first-order chi connectivity index (χ1) is 12.0. The van der Waals surface area contributed by atoms with E-state index >= 15 is 0 Å². The minimum atomic E-state index is -0.326. The largest absolute Gasteiger partial charge is 0.234 e. The summed E-state index contributed by atoms with van der Waals surface area (Å²) in [5.41, 5.74) is 3.72. The standard InChI is InChI=1S/C18H14ClFN4S/c1-10-6-11(2)8-12(7-10)17-21-22-18-24(17)23-16(25-18)9-13-14(19)4-3-5-15(13)20/h3-8H,9H2,1-2H3. The van der Waals surface area contributed by atoms with Gasteiger partial charge in [0.05, 0.1) is 0 Å². The van der Waals surface area contributed by atoms with E-state index in [1.807, 2.05) is 13.8 Å². The van der Waals surface area contributed by atoms with Gasteiger partial charge in [0.1, 0.15) is 10.8 Å². The van der Waals surface area contributed by atoms with Crippen molar-refractivity contribution in [1.82, 2.24) is 19.8 Å². The van der Waals surface area contributed by atoms with Gasteiger partial charge in [-0.1, -0.05) is 46.2 Å². The van der Waals surface area contributed by atoms with Gasteiger partial charge in [0.2, 0.25) is 4.96 Å². The second kappa shape index (κ2) is 6.20. The molecule has 0 spiro atoms. The summed E-state index contributed by atoms with van der Waals surface area (Å²) in [6.07, 6.45) is 0.325. The molecule has 0 radical (unpaired) electrons. The van der Waals surface area contributed by atoms with E-state index in [-0.39, 0.29) is 5.82 Å². The van der Waals surface area contributed by atoms with Crippen LogP contribution in [0.15, 0.2) is 36.4 Å². The van der Waals surface area contributed by atoms with Crippen LogP contribution in [0.1, 0.15) is 21.7 Å². The third-order valence-electron chi connectivity index (χ3n) is 3.90. The maximum absolute atomic E-state index is 14.0. The second-order valence-electron chi connectivity index (χ2n) is 5.97. The lowest BCUT2D eigenvalue weighted by Gasteiger charge is -2.03. The summed E-state index contributed by atoms with van der Waals surface area (Å²) in [6, 6.07) is 10.9. The molecule has 0 aliphatic heterocycles. The number of aryl methyl sites for hydroxylation is 2. The average Bonchev–Trinajstić information content (AvgIpc) is 3.10. The third-order valence-corrected chi connectivity index (χ3v) is 5.16. The topological polar surface area (TPSA) is 43.1 Å². The Morgan fingerprint density at radius 2 is 1.88 bits per heavy atom. The van der Waals surface area contributed by atoms with Gasteiger partial charge >= 0.3 is 0 Å². The van der Waals surface area contributed by atoms with Crippen LogP contribution in [-0.4, -0.2) is 19.8 Å². The summed E-state index contributed by atoms with van der Waals surface area (Å²) >= 11 is 7.50. The number of rotatable bonds is 3. The molecule has 2 heterocycles. The van der Waals surface area contributed by atoms with Crippen molar-refractivity contribution in [3.05, 3.63) is 68.9 Å². The number of aromatic nitrogens is 4. The van der Waals surface area contributed by atoms with Gasteiger partial charge in [-0.2, -0.15) is 9.61 Å². The maximum atomic E-state index is 14.0. The highest BCUT2D eigenvalue weighted by molar-refractivity contribution is 7.16. The number of hydrogen-bond donors (Lipinski definition) is 0. The fraction of sp³-hybridized carbons (Fsp3) is 0.167. The van der Waals surface area contributed by atoms with E-state index in [0.717, 1.165) is 21.7 Å². The van der Waals surface area contributed by atoms with Crippen molar-refractivity contribution < 1.29 is 4.39 Å². The van der Waals surface area contributed by atoms with Gasteiger partial charge in [0, 0.05) is 22.6 Å². The van der Waals surface area contributed by atoms with E-state index < -0.39 is 0 Å². The molecular formula is C18H14ClFN4S. The third kappa shape index (κ3) is 3.03. The predicted octanol–water partition coefficient (Wildman–Crippen LogP) is 4.85. The van der Waals surface area contributed by atoms with Crippen molar-refractivity contribution in [2.75, 3.05) is 0 Å². The van der Waals surface area contributed by atoms with Crippen LogP contribution in [0.4, 0.5) is 4.39 Å². The molecule has 25 heavy (non-hydrogen) atoms. The molecule has 0 aliphatic carbocycles. The first-order valence-electron chi connectivity index (χ1n) is 7.74. The number of hydrogen-bond acceptors (Lipinski definition) is 4. The number of fused-ring (bicyclic) bond motifs is 1. The molecule has 0 atom stereocenters. The molecule has 4 rings (SSSR count). The van der Waals surface area contributed by atoms with Crippen LogP contribution < -0.4 is 0 Å². The zero-order chi connectivity index (χ0) is 17.6. The summed E-state index contributed by atoms with van der Waals surface area (Å²) in [7, 11) is 0. The van der Waals surface area contributed by atoms with E-state index in [1.54, 1.807) is 16.6 Å². The van der Waals surface area contributed by atoms with Crippen LogP contribution in [-0.2, 0) is 6.42 Å². The van der Waals surface area contributed by atoms with Crippen molar-refractivity contribution in [3.63, 3.8) is 0 Å². The Hall–Kier alpha value is -2.31. The predicted molar refractivity (Wildman–Crippen MR) is 97.8 cm³/mol. The Labute approximate surface area is 152 Å². The summed E-state index contributed by atoms with van der Waals surface area (Å²) in [5.74, 6) is 0.358. The van der Waals surface area contributed by atoms with Crippen molar-refractivity contribution in [1.29, 1.82) is 0 Å². The van der Waals surface area contributed by atoms with Crippen molar-refractivity contribution in [2.24, 2.45) is 0 Å². The fourth-order valence-corrected chi connectivity index (χ4v) is 3.94. The van der Waals surface area contributed by atoms with E-state index in [4.69, 9.17) is 11.6 Å². The minimum Gasteiger partial charge on any atom is -0.207 e. The fourth-order valence-electron chi connectivity index (χ4n) is 2.86. The number of nitrogens with zero attached hydrogens (tertiary/aromatic N) is 4. The van der Waals surface area contributed by atoms with E-state index in [1.165, 1.54) is 17.4 Å². The van der Waals surface area contributed by atoms with E-state index in [0.29, 0.717) is 27.8 Å². The van der Waals surface area contributed by atoms with Crippen LogP contribution in [0.5, 0.6) is 0 Å². The van der Waals surface area contributed by atoms with Crippen molar-refractivity contribution in [2.45, 2.75) is 20.3 Å². The molecule has 4 nitrogen and oxygen atoms in total. The van der Waals surface area contributed by atoms with Crippen LogP contribution in [0.25, 0.3) is 16.3 Å². The molecule has 2 aromatic heterocycles. The van der Waals surface area contributed by atoms with Crippen molar-refractivity contribution >= 4 is 27.9 Å². The molecule has 126 valence electrons. The first-order valence-corrected chi connectivity index (χ1v) is 8.93. The van der Waals surface area contributed by atoms with Gasteiger partial charge < -0.3 is 0 Å². The first kappa shape index (κ1) is 16.2. The smallest absolute Gasteiger partial charge is 0.207 e. The summed E-state index contributed by atoms with van der Waals surface area (Å²) in [5, 5.41) is 14.2. The summed E-state index contributed by atoms with van der Waals surface area (Å²) in [4.78, 5) is 0.677. The van der Waals surface area contributed by atoms with E-state index in [2.05, 4.69) is 33.5 Å². The Kier molecular flexibility index (Phi) is 4.01. The van der Waals surface area contributed by atoms with Gasteiger partial charge in [-0.25, -0.2) is 4.39 Å². The number of benzene rings is 2. The summed E-state index contributed by atoms with van der Waals surface area (Å²) < 4.78 is 15.7. The monoisotopic (exact) mass is 372 g/mol. The molecule has 0 amide bonds. The molecule has 0 fully saturated rings. The normalized spacial score (nSPS) is 11.4. The van der Waals surface area contributed by atoms with Gasteiger partial charge in [0.25, 0.3) is 0 Å². The molecule has 2 aromatic carbocycles. The van der Waals surface area contributed by atoms with Gasteiger partial charge in [-0.3, -0.25) is 0 Å². The molecule has 4 aromatic rings.